The van der Waals surface area contributed by atoms with Crippen molar-refractivity contribution in [2.24, 2.45) is 10.2 Å². The van der Waals surface area contributed by atoms with Crippen molar-refractivity contribution in [3.05, 3.63) is 82.3 Å². The highest BCUT2D eigenvalue weighted by Gasteiger charge is 2.38. The number of halogens is 3. The van der Waals surface area contributed by atoms with Crippen LogP contribution in [-0.2, 0) is 6.18 Å². The van der Waals surface area contributed by atoms with Crippen molar-refractivity contribution in [3.63, 3.8) is 0 Å². The average molecular weight is 397 g/mol. The number of aromatic nitrogens is 3. The van der Waals surface area contributed by atoms with E-state index in [9.17, 15) is 18.0 Å². The van der Waals surface area contributed by atoms with E-state index in [0.29, 0.717) is 16.9 Å². The van der Waals surface area contributed by atoms with Crippen LogP contribution in [0.15, 0.2) is 75.7 Å². The monoisotopic (exact) mass is 397 g/mol. The highest BCUT2D eigenvalue weighted by atomic mass is 19.4. The number of benzene rings is 2. The van der Waals surface area contributed by atoms with Gasteiger partial charge in [0, 0.05) is 6.07 Å². The summed E-state index contributed by atoms with van der Waals surface area (Å²) in [6.45, 7) is 1.86. The molecule has 4 rings (SSSR count). The first-order valence-electron chi connectivity index (χ1n) is 8.60. The second-order valence-corrected chi connectivity index (χ2v) is 6.38. The molecule has 146 valence electrons. The maximum absolute atomic E-state index is 13.5. The number of fused-ring (bicyclic) bond motifs is 1. The molecular formula is C20H14F3N5O. The van der Waals surface area contributed by atoms with Gasteiger partial charge in [-0.3, -0.25) is 9.89 Å². The number of aryl methyl sites for hydroxylation is 1. The zero-order chi connectivity index (χ0) is 20.6. The van der Waals surface area contributed by atoms with Gasteiger partial charge in [0.2, 0.25) is 0 Å². The summed E-state index contributed by atoms with van der Waals surface area (Å²) in [4.78, 5) is 16.4. The summed E-state index contributed by atoms with van der Waals surface area (Å²) >= 11 is 0. The van der Waals surface area contributed by atoms with Crippen molar-refractivity contribution in [2.75, 3.05) is 0 Å². The fourth-order valence-electron chi connectivity index (χ4n) is 2.79. The van der Waals surface area contributed by atoms with Crippen molar-refractivity contribution in [2.45, 2.75) is 13.1 Å². The van der Waals surface area contributed by atoms with E-state index in [1.54, 1.807) is 48.5 Å². The lowest BCUT2D eigenvalue weighted by Crippen LogP contribution is -2.21. The zero-order valence-corrected chi connectivity index (χ0v) is 15.1. The number of azo groups is 1. The SMILES string of the molecule is Cc1ccc(N=Nc2c(C(F)(F)F)nc3cc(-c4ccccc4)[nH]n3c2=O)cc1. The second kappa shape index (κ2) is 7.01. The highest BCUT2D eigenvalue weighted by Crippen LogP contribution is 2.34. The number of nitrogens with one attached hydrogen (secondary N) is 1. The molecule has 0 radical (unpaired) electrons. The summed E-state index contributed by atoms with van der Waals surface area (Å²) in [5.74, 6) is 0. The van der Waals surface area contributed by atoms with Crippen LogP contribution in [0.3, 0.4) is 0 Å². The van der Waals surface area contributed by atoms with Gasteiger partial charge >= 0.3 is 11.7 Å². The Labute approximate surface area is 162 Å². The van der Waals surface area contributed by atoms with Crippen LogP contribution in [-0.4, -0.2) is 14.6 Å². The minimum absolute atomic E-state index is 0.157. The van der Waals surface area contributed by atoms with Crippen LogP contribution in [0.2, 0.25) is 0 Å². The molecule has 0 aliphatic rings. The number of hydrogen-bond donors (Lipinski definition) is 1. The maximum Gasteiger partial charge on any atom is 0.435 e. The van der Waals surface area contributed by atoms with Crippen LogP contribution < -0.4 is 5.56 Å². The molecule has 0 fully saturated rings. The first kappa shape index (κ1) is 18.6. The number of hydrogen-bond acceptors (Lipinski definition) is 4. The van der Waals surface area contributed by atoms with E-state index in [2.05, 4.69) is 20.3 Å². The van der Waals surface area contributed by atoms with E-state index < -0.39 is 23.1 Å². The molecule has 6 nitrogen and oxygen atoms in total. The topological polar surface area (TPSA) is 74.9 Å². The molecule has 0 saturated carbocycles. The largest absolute Gasteiger partial charge is 0.435 e. The number of rotatable bonds is 3. The van der Waals surface area contributed by atoms with E-state index in [-0.39, 0.29) is 5.65 Å². The van der Waals surface area contributed by atoms with Crippen LogP contribution in [0, 0.1) is 6.92 Å². The highest BCUT2D eigenvalue weighted by molar-refractivity contribution is 5.65. The third-order valence-corrected chi connectivity index (χ3v) is 4.24. The summed E-state index contributed by atoms with van der Waals surface area (Å²) in [7, 11) is 0. The number of nitrogens with zero attached hydrogens (tertiary/aromatic N) is 4. The lowest BCUT2D eigenvalue weighted by atomic mass is 10.2. The predicted molar refractivity (Wildman–Crippen MR) is 102 cm³/mol. The van der Waals surface area contributed by atoms with E-state index in [4.69, 9.17) is 0 Å². The maximum atomic E-state index is 13.5. The first-order chi connectivity index (χ1) is 13.8. The molecule has 0 saturated heterocycles. The molecule has 0 unspecified atom stereocenters. The lowest BCUT2D eigenvalue weighted by Gasteiger charge is -2.08. The Morgan fingerprint density at radius 3 is 2.34 bits per heavy atom. The fraction of sp³-hybridized carbons (Fsp3) is 0.100. The minimum Gasteiger partial charge on any atom is -0.289 e. The summed E-state index contributed by atoms with van der Waals surface area (Å²) < 4.78 is 41.6. The van der Waals surface area contributed by atoms with Gasteiger partial charge in [-0.15, -0.1) is 5.11 Å². The smallest absolute Gasteiger partial charge is 0.289 e. The quantitative estimate of drug-likeness (QED) is 0.468. The summed E-state index contributed by atoms with van der Waals surface area (Å²) in [6, 6.07) is 16.9. The van der Waals surface area contributed by atoms with E-state index in [0.717, 1.165) is 10.1 Å². The average Bonchev–Trinajstić information content (AvgIpc) is 3.13. The van der Waals surface area contributed by atoms with Gasteiger partial charge < -0.3 is 0 Å². The molecule has 0 amide bonds. The van der Waals surface area contributed by atoms with Gasteiger partial charge in [-0.05, 0) is 24.6 Å². The molecule has 2 aromatic carbocycles. The third kappa shape index (κ3) is 3.66. The Kier molecular flexibility index (Phi) is 4.50. The van der Waals surface area contributed by atoms with E-state index in [1.165, 1.54) is 6.07 Å². The summed E-state index contributed by atoms with van der Waals surface area (Å²) in [5, 5.41) is 10.2. The molecule has 9 heteroatoms. The Morgan fingerprint density at radius 1 is 1.00 bits per heavy atom. The fourth-order valence-corrected chi connectivity index (χ4v) is 2.79. The zero-order valence-electron chi connectivity index (χ0n) is 15.1. The second-order valence-electron chi connectivity index (χ2n) is 6.38. The predicted octanol–water partition coefficient (Wildman–Crippen LogP) is 5.43. The standard InChI is InChI=1S/C20H14F3N5O/c1-12-7-9-14(10-8-12)25-26-17-18(20(21,22)23)24-16-11-15(27-28(16)19(17)29)13-5-3-2-4-6-13/h2-11,27H,1H3. The van der Waals surface area contributed by atoms with Gasteiger partial charge in [-0.25, -0.2) is 4.98 Å². The lowest BCUT2D eigenvalue weighted by molar-refractivity contribution is -0.140. The molecular weight excluding hydrogens is 383 g/mol. The molecule has 0 aliphatic heterocycles. The van der Waals surface area contributed by atoms with Gasteiger partial charge in [-0.2, -0.15) is 22.8 Å². The Balaban J connectivity index is 1.89. The molecule has 0 bridgehead atoms. The summed E-state index contributed by atoms with van der Waals surface area (Å²) in [6.07, 6.45) is -4.86. The molecule has 0 spiro atoms. The van der Waals surface area contributed by atoms with Gasteiger partial charge in [-0.1, -0.05) is 48.0 Å². The molecule has 4 aromatic rings. The van der Waals surface area contributed by atoms with Crippen LogP contribution in [0.4, 0.5) is 24.5 Å². The molecule has 2 aromatic heterocycles. The van der Waals surface area contributed by atoms with Crippen molar-refractivity contribution in [1.82, 2.24) is 14.6 Å². The van der Waals surface area contributed by atoms with Gasteiger partial charge in [0.1, 0.15) is 0 Å². The van der Waals surface area contributed by atoms with Gasteiger partial charge in [0.15, 0.2) is 17.0 Å². The van der Waals surface area contributed by atoms with E-state index >= 15 is 0 Å². The molecule has 0 aliphatic carbocycles. The Bertz CT molecular complexity index is 1260. The van der Waals surface area contributed by atoms with Crippen molar-refractivity contribution in [3.8, 4) is 11.3 Å². The number of aromatic amines is 1. The van der Waals surface area contributed by atoms with Crippen molar-refractivity contribution in [1.29, 1.82) is 0 Å². The van der Waals surface area contributed by atoms with E-state index in [1.807, 2.05) is 13.0 Å². The molecule has 1 N–H and O–H groups in total. The molecule has 29 heavy (non-hydrogen) atoms. The number of H-pyrrole nitrogens is 1. The minimum atomic E-state index is -4.86. The Hall–Kier alpha value is -3.75. The van der Waals surface area contributed by atoms with Gasteiger partial charge in [0.25, 0.3) is 0 Å². The number of alkyl halides is 3. The van der Waals surface area contributed by atoms with Crippen LogP contribution in [0.1, 0.15) is 11.3 Å². The van der Waals surface area contributed by atoms with Crippen molar-refractivity contribution >= 4 is 17.0 Å². The Morgan fingerprint density at radius 2 is 1.69 bits per heavy atom. The first-order valence-corrected chi connectivity index (χ1v) is 8.60. The third-order valence-electron chi connectivity index (χ3n) is 4.24. The summed E-state index contributed by atoms with van der Waals surface area (Å²) in [5.41, 5.74) is -0.956. The van der Waals surface area contributed by atoms with Crippen molar-refractivity contribution < 1.29 is 13.2 Å². The molecule has 0 atom stereocenters. The van der Waals surface area contributed by atoms with Crippen LogP contribution in [0.5, 0.6) is 0 Å². The van der Waals surface area contributed by atoms with Crippen LogP contribution in [0.25, 0.3) is 16.9 Å². The normalized spacial score (nSPS) is 12.1. The van der Waals surface area contributed by atoms with Crippen LogP contribution >= 0.6 is 0 Å². The molecule has 2 heterocycles. The van der Waals surface area contributed by atoms with Gasteiger partial charge in [0.05, 0.1) is 11.4 Å².